The molecular weight excluding hydrogens is 322 g/mol. The number of aryl methyl sites for hydroxylation is 1. The molecular formula is C22H25N3O. The van der Waals surface area contributed by atoms with Crippen LogP contribution >= 0.6 is 0 Å². The molecule has 4 nitrogen and oxygen atoms in total. The Hall–Kier alpha value is -2.88. The van der Waals surface area contributed by atoms with Gasteiger partial charge < -0.3 is 5.32 Å². The Bertz CT molecular complexity index is 851. The molecule has 0 saturated carbocycles. The highest BCUT2D eigenvalue weighted by Gasteiger charge is 2.13. The van der Waals surface area contributed by atoms with Crippen molar-refractivity contribution >= 4 is 11.7 Å². The summed E-state index contributed by atoms with van der Waals surface area (Å²) in [6, 6.07) is 20.1. The predicted molar refractivity (Wildman–Crippen MR) is 107 cm³/mol. The summed E-state index contributed by atoms with van der Waals surface area (Å²) in [5, 5.41) is 7.76. The van der Waals surface area contributed by atoms with Gasteiger partial charge in [-0.2, -0.15) is 5.10 Å². The van der Waals surface area contributed by atoms with Gasteiger partial charge >= 0.3 is 0 Å². The lowest BCUT2D eigenvalue weighted by molar-refractivity contribution is -0.116. The van der Waals surface area contributed by atoms with E-state index in [0.717, 1.165) is 36.2 Å². The van der Waals surface area contributed by atoms with Crippen molar-refractivity contribution in [2.75, 3.05) is 5.32 Å². The Morgan fingerprint density at radius 1 is 1.04 bits per heavy atom. The molecule has 3 rings (SSSR count). The van der Waals surface area contributed by atoms with Crippen LogP contribution in [0.15, 0.2) is 60.7 Å². The van der Waals surface area contributed by atoms with Crippen LogP contribution in [0, 0.1) is 6.92 Å². The third kappa shape index (κ3) is 4.39. The number of unbranched alkanes of at least 4 members (excludes halogenated alkanes) is 2. The van der Waals surface area contributed by atoms with Crippen molar-refractivity contribution in [1.82, 2.24) is 9.78 Å². The topological polar surface area (TPSA) is 46.9 Å². The number of nitrogens with zero attached hydrogens (tertiary/aromatic N) is 2. The first-order valence-electron chi connectivity index (χ1n) is 9.20. The van der Waals surface area contributed by atoms with Crippen molar-refractivity contribution in [3.8, 4) is 16.9 Å². The van der Waals surface area contributed by atoms with E-state index in [0.29, 0.717) is 12.2 Å². The van der Waals surface area contributed by atoms with E-state index < -0.39 is 0 Å². The lowest BCUT2D eigenvalue weighted by Gasteiger charge is -2.08. The zero-order valence-electron chi connectivity index (χ0n) is 15.4. The smallest absolute Gasteiger partial charge is 0.225 e. The summed E-state index contributed by atoms with van der Waals surface area (Å²) < 4.78 is 1.80. The van der Waals surface area contributed by atoms with Crippen molar-refractivity contribution in [1.29, 1.82) is 0 Å². The fraction of sp³-hybridized carbons (Fsp3) is 0.273. The van der Waals surface area contributed by atoms with Crippen molar-refractivity contribution in [2.45, 2.75) is 39.5 Å². The zero-order valence-corrected chi connectivity index (χ0v) is 15.4. The van der Waals surface area contributed by atoms with Crippen LogP contribution in [0.3, 0.4) is 0 Å². The molecule has 3 aromatic rings. The first-order chi connectivity index (χ1) is 12.7. The van der Waals surface area contributed by atoms with Gasteiger partial charge in [-0.3, -0.25) is 4.79 Å². The summed E-state index contributed by atoms with van der Waals surface area (Å²) in [5.41, 5.74) is 4.01. The van der Waals surface area contributed by atoms with E-state index in [2.05, 4.69) is 43.4 Å². The second-order valence-electron chi connectivity index (χ2n) is 6.53. The molecule has 0 radical (unpaired) electrons. The molecule has 4 heteroatoms. The van der Waals surface area contributed by atoms with E-state index in [1.165, 1.54) is 5.56 Å². The number of benzene rings is 2. The first-order valence-corrected chi connectivity index (χ1v) is 9.20. The summed E-state index contributed by atoms with van der Waals surface area (Å²) in [7, 11) is 0. The molecule has 1 aromatic heterocycles. The number of carbonyl (C=O) groups is 1. The Kier molecular flexibility index (Phi) is 5.84. The zero-order chi connectivity index (χ0) is 18.4. The molecule has 0 saturated heterocycles. The van der Waals surface area contributed by atoms with Crippen LogP contribution < -0.4 is 5.32 Å². The first kappa shape index (κ1) is 17.9. The fourth-order valence-electron chi connectivity index (χ4n) is 2.84. The van der Waals surface area contributed by atoms with E-state index in [1.54, 1.807) is 4.68 Å². The molecule has 0 bridgehead atoms. The molecule has 0 aliphatic carbocycles. The molecule has 0 aliphatic heterocycles. The number of hydrogen-bond donors (Lipinski definition) is 1. The van der Waals surface area contributed by atoms with Gasteiger partial charge in [-0.15, -0.1) is 0 Å². The SMILES string of the molecule is CCCCCC(=O)Nc1cc(-c2ccc(C)cc2)nn1-c1ccccc1. The Morgan fingerprint density at radius 2 is 1.77 bits per heavy atom. The number of para-hydroxylation sites is 1. The molecule has 26 heavy (non-hydrogen) atoms. The van der Waals surface area contributed by atoms with Crippen LogP contribution in [0.5, 0.6) is 0 Å². The third-order valence-electron chi connectivity index (χ3n) is 4.33. The average molecular weight is 347 g/mol. The number of carbonyl (C=O) groups excluding carboxylic acids is 1. The van der Waals surface area contributed by atoms with Crippen LogP contribution in [-0.2, 0) is 4.79 Å². The average Bonchev–Trinajstić information content (AvgIpc) is 3.07. The molecule has 1 N–H and O–H groups in total. The highest BCUT2D eigenvalue weighted by atomic mass is 16.1. The lowest BCUT2D eigenvalue weighted by atomic mass is 10.1. The predicted octanol–water partition coefficient (Wildman–Crippen LogP) is 5.37. The number of nitrogens with one attached hydrogen (secondary N) is 1. The fourth-order valence-corrected chi connectivity index (χ4v) is 2.84. The number of rotatable bonds is 7. The highest BCUT2D eigenvalue weighted by Crippen LogP contribution is 2.25. The van der Waals surface area contributed by atoms with E-state index in [4.69, 9.17) is 5.10 Å². The summed E-state index contributed by atoms with van der Waals surface area (Å²) >= 11 is 0. The van der Waals surface area contributed by atoms with Crippen LogP contribution in [0.4, 0.5) is 5.82 Å². The van der Waals surface area contributed by atoms with Gasteiger partial charge in [-0.05, 0) is 25.5 Å². The summed E-state index contributed by atoms with van der Waals surface area (Å²) in [5.74, 6) is 0.735. The molecule has 0 aliphatic rings. The number of amides is 1. The van der Waals surface area contributed by atoms with Gasteiger partial charge in [0, 0.05) is 18.1 Å². The maximum absolute atomic E-state index is 12.3. The molecule has 1 heterocycles. The minimum Gasteiger partial charge on any atom is -0.311 e. The lowest BCUT2D eigenvalue weighted by Crippen LogP contribution is -2.14. The van der Waals surface area contributed by atoms with E-state index in [1.807, 2.05) is 36.4 Å². The largest absolute Gasteiger partial charge is 0.311 e. The van der Waals surface area contributed by atoms with Crippen LogP contribution in [-0.4, -0.2) is 15.7 Å². The Balaban J connectivity index is 1.90. The van der Waals surface area contributed by atoms with E-state index in [9.17, 15) is 4.79 Å². The summed E-state index contributed by atoms with van der Waals surface area (Å²) in [6.07, 6.45) is 3.62. The van der Waals surface area contributed by atoms with Gasteiger partial charge in [0.15, 0.2) is 0 Å². The van der Waals surface area contributed by atoms with E-state index in [-0.39, 0.29) is 5.91 Å². The number of anilines is 1. The standard InChI is InChI=1S/C22H25N3O/c1-3-4-6-11-22(26)23-21-16-20(18-14-12-17(2)13-15-18)24-25(21)19-9-7-5-8-10-19/h5,7-10,12-16H,3-4,6,11H2,1-2H3,(H,23,26). The van der Waals surface area contributed by atoms with Crippen molar-refractivity contribution < 1.29 is 4.79 Å². The number of hydrogen-bond acceptors (Lipinski definition) is 2. The Labute approximate surface area is 154 Å². The van der Waals surface area contributed by atoms with Gasteiger partial charge in [0.05, 0.1) is 11.4 Å². The van der Waals surface area contributed by atoms with Crippen molar-refractivity contribution in [2.24, 2.45) is 0 Å². The van der Waals surface area contributed by atoms with Crippen LogP contribution in [0.1, 0.15) is 38.2 Å². The molecule has 134 valence electrons. The minimum atomic E-state index is 0.0333. The van der Waals surface area contributed by atoms with Gasteiger partial charge in [0.25, 0.3) is 0 Å². The quantitative estimate of drug-likeness (QED) is 0.584. The second-order valence-corrected chi connectivity index (χ2v) is 6.53. The monoisotopic (exact) mass is 347 g/mol. The van der Waals surface area contributed by atoms with Crippen LogP contribution in [0.2, 0.25) is 0 Å². The minimum absolute atomic E-state index is 0.0333. The van der Waals surface area contributed by atoms with Crippen molar-refractivity contribution in [3.63, 3.8) is 0 Å². The Morgan fingerprint density at radius 3 is 2.46 bits per heavy atom. The maximum atomic E-state index is 12.3. The summed E-state index contributed by atoms with van der Waals surface area (Å²) in [4.78, 5) is 12.3. The molecule has 2 aromatic carbocycles. The third-order valence-corrected chi connectivity index (χ3v) is 4.33. The second kappa shape index (κ2) is 8.48. The van der Waals surface area contributed by atoms with Gasteiger partial charge in [0.2, 0.25) is 5.91 Å². The molecule has 0 unspecified atom stereocenters. The molecule has 0 fully saturated rings. The normalized spacial score (nSPS) is 10.7. The highest BCUT2D eigenvalue weighted by molar-refractivity contribution is 5.90. The summed E-state index contributed by atoms with van der Waals surface area (Å²) in [6.45, 7) is 4.20. The molecule has 1 amide bonds. The molecule has 0 atom stereocenters. The van der Waals surface area contributed by atoms with Gasteiger partial charge in [0.1, 0.15) is 5.82 Å². The van der Waals surface area contributed by atoms with E-state index >= 15 is 0 Å². The maximum Gasteiger partial charge on any atom is 0.225 e. The van der Waals surface area contributed by atoms with Crippen molar-refractivity contribution in [3.05, 3.63) is 66.2 Å². The van der Waals surface area contributed by atoms with Crippen LogP contribution in [0.25, 0.3) is 16.9 Å². The van der Waals surface area contributed by atoms with Gasteiger partial charge in [-0.1, -0.05) is 67.8 Å². The number of aromatic nitrogens is 2. The van der Waals surface area contributed by atoms with Gasteiger partial charge in [-0.25, -0.2) is 4.68 Å². The molecule has 0 spiro atoms.